The van der Waals surface area contributed by atoms with Crippen LogP contribution in [0.5, 0.6) is 11.5 Å². The van der Waals surface area contributed by atoms with Crippen LogP contribution >= 0.6 is 0 Å². The van der Waals surface area contributed by atoms with E-state index < -0.39 is 9.84 Å². The zero-order chi connectivity index (χ0) is 22.6. The molecular weight excluding hydrogens is 422 g/mol. The number of nitrogens with zero attached hydrogens (tertiary/aromatic N) is 1. The van der Waals surface area contributed by atoms with Crippen LogP contribution in [0.3, 0.4) is 0 Å². The summed E-state index contributed by atoms with van der Waals surface area (Å²) in [5.41, 5.74) is 2.94. The van der Waals surface area contributed by atoms with Gasteiger partial charge < -0.3 is 9.84 Å². The largest absolute Gasteiger partial charge is 0.507 e. The molecule has 6 heteroatoms. The minimum Gasteiger partial charge on any atom is -0.507 e. The first-order valence-electron chi connectivity index (χ1n) is 11.9. The van der Waals surface area contributed by atoms with E-state index in [1.165, 1.54) is 38.5 Å². The summed E-state index contributed by atoms with van der Waals surface area (Å²) < 4.78 is 30.9. The summed E-state index contributed by atoms with van der Waals surface area (Å²) in [6.45, 7) is 2.86. The van der Waals surface area contributed by atoms with Crippen LogP contribution in [0.15, 0.2) is 41.3 Å². The Morgan fingerprint density at radius 3 is 2.31 bits per heavy atom. The standard InChI is InChI=1S/C26H35NO4S/c1-31-24-8-10-25(11-9-24)32(29,30)15-12-21-17-22(16-20-6-2-3-7-20)26(28)23(18-21)19-27-13-4-5-14-27/h8-11,17-18,20,28H,2-7,12-16,19H2,1H3. The Bertz CT molecular complexity index is 966. The van der Waals surface area contributed by atoms with Gasteiger partial charge in [-0.15, -0.1) is 0 Å². The van der Waals surface area contributed by atoms with E-state index in [0.29, 0.717) is 28.7 Å². The van der Waals surface area contributed by atoms with Crippen LogP contribution in [0, 0.1) is 5.92 Å². The molecule has 1 N–H and O–H groups in total. The van der Waals surface area contributed by atoms with Gasteiger partial charge in [-0.3, -0.25) is 4.90 Å². The minimum absolute atomic E-state index is 0.0517. The molecule has 0 amide bonds. The molecule has 0 radical (unpaired) electrons. The smallest absolute Gasteiger partial charge is 0.178 e. The molecule has 0 unspecified atom stereocenters. The van der Waals surface area contributed by atoms with Crippen molar-refractivity contribution in [2.24, 2.45) is 5.92 Å². The Hall–Kier alpha value is -2.05. The van der Waals surface area contributed by atoms with Crippen molar-refractivity contribution in [3.05, 3.63) is 53.1 Å². The number of phenolic OH excluding ortho intramolecular Hbond substituents is 1. The van der Waals surface area contributed by atoms with Crippen molar-refractivity contribution in [1.82, 2.24) is 4.90 Å². The van der Waals surface area contributed by atoms with E-state index in [0.717, 1.165) is 42.7 Å². The Kier molecular flexibility index (Phi) is 7.41. The van der Waals surface area contributed by atoms with Crippen molar-refractivity contribution in [3.63, 3.8) is 0 Å². The van der Waals surface area contributed by atoms with E-state index in [4.69, 9.17) is 4.74 Å². The number of aromatic hydroxyl groups is 1. The monoisotopic (exact) mass is 457 g/mol. The summed E-state index contributed by atoms with van der Waals surface area (Å²) in [6, 6.07) is 10.6. The second kappa shape index (κ2) is 10.3. The number of rotatable bonds is 9. The molecule has 1 saturated heterocycles. The number of hydrogen-bond acceptors (Lipinski definition) is 5. The fourth-order valence-electron chi connectivity index (χ4n) is 5.11. The SMILES string of the molecule is COc1ccc(S(=O)(=O)CCc2cc(CC3CCCC3)c(O)c(CN3CCCC3)c2)cc1. The quantitative estimate of drug-likeness (QED) is 0.589. The number of aryl methyl sites for hydroxylation is 1. The summed E-state index contributed by atoms with van der Waals surface area (Å²) in [4.78, 5) is 2.70. The van der Waals surface area contributed by atoms with E-state index in [9.17, 15) is 13.5 Å². The van der Waals surface area contributed by atoms with Crippen LogP contribution in [-0.4, -0.2) is 44.4 Å². The molecule has 2 aromatic carbocycles. The first kappa shape index (κ1) is 23.1. The van der Waals surface area contributed by atoms with Crippen LogP contribution in [0.2, 0.25) is 0 Å². The van der Waals surface area contributed by atoms with Crippen molar-refractivity contribution in [2.75, 3.05) is 26.0 Å². The van der Waals surface area contributed by atoms with Gasteiger partial charge in [-0.05, 0) is 80.1 Å². The molecule has 0 atom stereocenters. The van der Waals surface area contributed by atoms with E-state index in [2.05, 4.69) is 4.90 Å². The van der Waals surface area contributed by atoms with Crippen LogP contribution < -0.4 is 4.74 Å². The fraction of sp³-hybridized carbons (Fsp3) is 0.538. The Morgan fingerprint density at radius 2 is 1.66 bits per heavy atom. The number of hydrogen-bond donors (Lipinski definition) is 1. The molecule has 32 heavy (non-hydrogen) atoms. The molecule has 4 rings (SSSR count). The molecule has 1 aliphatic heterocycles. The Labute approximate surface area is 192 Å². The summed E-state index contributed by atoms with van der Waals surface area (Å²) >= 11 is 0. The highest BCUT2D eigenvalue weighted by molar-refractivity contribution is 7.91. The number of likely N-dealkylation sites (tertiary alicyclic amines) is 1. The van der Waals surface area contributed by atoms with Gasteiger partial charge in [0.15, 0.2) is 9.84 Å². The molecule has 2 fully saturated rings. The lowest BCUT2D eigenvalue weighted by Gasteiger charge is -2.20. The van der Waals surface area contributed by atoms with E-state index >= 15 is 0 Å². The van der Waals surface area contributed by atoms with Crippen molar-refractivity contribution in [2.45, 2.75) is 62.8 Å². The molecule has 174 valence electrons. The highest BCUT2D eigenvalue weighted by Gasteiger charge is 2.22. The molecule has 0 aromatic heterocycles. The van der Waals surface area contributed by atoms with Crippen molar-refractivity contribution < 1.29 is 18.3 Å². The van der Waals surface area contributed by atoms with Gasteiger partial charge in [0.1, 0.15) is 11.5 Å². The first-order chi connectivity index (χ1) is 15.4. The number of phenols is 1. The Balaban J connectivity index is 1.54. The van der Waals surface area contributed by atoms with Gasteiger partial charge in [-0.1, -0.05) is 37.8 Å². The molecular formula is C26H35NO4S. The molecule has 1 saturated carbocycles. The lowest BCUT2D eigenvalue weighted by molar-refractivity contribution is 0.323. The average molecular weight is 458 g/mol. The third-order valence-electron chi connectivity index (χ3n) is 6.98. The minimum atomic E-state index is -3.39. The molecule has 1 heterocycles. The first-order valence-corrected chi connectivity index (χ1v) is 13.5. The zero-order valence-electron chi connectivity index (χ0n) is 19.1. The predicted octanol–water partition coefficient (Wildman–Crippen LogP) is 4.75. The van der Waals surface area contributed by atoms with Crippen LogP contribution in [0.1, 0.15) is 55.2 Å². The third-order valence-corrected chi connectivity index (χ3v) is 8.71. The van der Waals surface area contributed by atoms with Gasteiger partial charge in [0.05, 0.1) is 17.8 Å². The predicted molar refractivity (Wildman–Crippen MR) is 127 cm³/mol. The molecule has 2 aliphatic rings. The number of benzene rings is 2. The molecule has 2 aromatic rings. The maximum absolute atomic E-state index is 12.9. The van der Waals surface area contributed by atoms with Crippen LogP contribution in [0.25, 0.3) is 0 Å². The second-order valence-corrected chi connectivity index (χ2v) is 11.5. The van der Waals surface area contributed by atoms with Gasteiger partial charge >= 0.3 is 0 Å². The van der Waals surface area contributed by atoms with E-state index in [-0.39, 0.29) is 5.75 Å². The summed E-state index contributed by atoms with van der Waals surface area (Å²) in [5.74, 6) is 1.74. The Morgan fingerprint density at radius 1 is 1.00 bits per heavy atom. The van der Waals surface area contributed by atoms with Gasteiger partial charge in [0.25, 0.3) is 0 Å². The van der Waals surface area contributed by atoms with Crippen molar-refractivity contribution in [1.29, 1.82) is 0 Å². The topological polar surface area (TPSA) is 66.8 Å². The van der Waals surface area contributed by atoms with Gasteiger partial charge in [0.2, 0.25) is 0 Å². The molecule has 5 nitrogen and oxygen atoms in total. The van der Waals surface area contributed by atoms with E-state index in [1.54, 1.807) is 31.4 Å². The fourth-order valence-corrected chi connectivity index (χ4v) is 6.40. The van der Waals surface area contributed by atoms with Gasteiger partial charge in [-0.25, -0.2) is 8.42 Å². The summed E-state index contributed by atoms with van der Waals surface area (Å²) in [7, 11) is -1.83. The maximum Gasteiger partial charge on any atom is 0.178 e. The highest BCUT2D eigenvalue weighted by Crippen LogP contribution is 2.34. The lowest BCUT2D eigenvalue weighted by atomic mass is 9.93. The molecule has 1 aliphatic carbocycles. The van der Waals surface area contributed by atoms with Crippen molar-refractivity contribution >= 4 is 9.84 Å². The summed E-state index contributed by atoms with van der Waals surface area (Å²) in [5, 5.41) is 11.0. The number of methoxy groups -OCH3 is 1. The lowest BCUT2D eigenvalue weighted by Crippen LogP contribution is -2.19. The molecule has 0 spiro atoms. The van der Waals surface area contributed by atoms with Crippen LogP contribution in [0.4, 0.5) is 0 Å². The average Bonchev–Trinajstić information content (AvgIpc) is 3.50. The van der Waals surface area contributed by atoms with E-state index in [1.807, 2.05) is 12.1 Å². The number of ether oxygens (including phenoxy) is 1. The third kappa shape index (κ3) is 5.65. The zero-order valence-corrected chi connectivity index (χ0v) is 19.9. The van der Waals surface area contributed by atoms with Crippen LogP contribution in [-0.2, 0) is 29.2 Å². The van der Waals surface area contributed by atoms with Crippen molar-refractivity contribution in [3.8, 4) is 11.5 Å². The van der Waals surface area contributed by atoms with Gasteiger partial charge in [-0.2, -0.15) is 0 Å². The maximum atomic E-state index is 12.9. The normalized spacial score (nSPS) is 17.8. The highest BCUT2D eigenvalue weighted by atomic mass is 32.2. The number of sulfone groups is 1. The van der Waals surface area contributed by atoms with Gasteiger partial charge in [0, 0.05) is 12.1 Å². The second-order valence-electron chi connectivity index (χ2n) is 9.34. The molecule has 0 bridgehead atoms. The summed E-state index contributed by atoms with van der Waals surface area (Å²) in [6.07, 6.45) is 8.72.